The lowest BCUT2D eigenvalue weighted by atomic mass is 10.3. The van der Waals surface area contributed by atoms with Crippen molar-refractivity contribution in [2.45, 2.75) is 19.3 Å². The Hall–Kier alpha value is -2.88. The van der Waals surface area contributed by atoms with Gasteiger partial charge in [-0.25, -0.2) is 4.98 Å². The van der Waals surface area contributed by atoms with E-state index in [0.717, 1.165) is 22.1 Å². The van der Waals surface area contributed by atoms with Crippen LogP contribution < -0.4 is 0 Å². The van der Waals surface area contributed by atoms with Crippen LogP contribution in [0.1, 0.15) is 11.4 Å². The highest BCUT2D eigenvalue weighted by Gasteiger charge is 2.33. The summed E-state index contributed by atoms with van der Waals surface area (Å²) in [6.45, 7) is 2.93. The Kier molecular flexibility index (Phi) is 4.80. The number of rotatable bonds is 4. The number of carbonyl (C=O) groups excluding carboxylic acids is 1. The first kappa shape index (κ1) is 18.5. The third-order valence-corrected chi connectivity index (χ3v) is 4.75. The van der Waals surface area contributed by atoms with E-state index in [1.165, 1.54) is 6.20 Å². The van der Waals surface area contributed by atoms with Gasteiger partial charge in [0.25, 0.3) is 0 Å². The van der Waals surface area contributed by atoms with Gasteiger partial charge in [-0.15, -0.1) is 0 Å². The van der Waals surface area contributed by atoms with Crippen LogP contribution in [0.25, 0.3) is 5.65 Å². The molecule has 0 unspecified atom stereocenters. The molecule has 4 heterocycles. The molecule has 0 atom stereocenters. The second-order valence-corrected chi connectivity index (χ2v) is 6.75. The summed E-state index contributed by atoms with van der Waals surface area (Å²) in [5.41, 5.74) is 0.864. The summed E-state index contributed by atoms with van der Waals surface area (Å²) in [5.74, 6) is -0.232. The van der Waals surface area contributed by atoms with Crippen molar-refractivity contribution in [2.75, 3.05) is 26.2 Å². The Balaban J connectivity index is 1.29. The van der Waals surface area contributed by atoms with Crippen molar-refractivity contribution >= 4 is 11.6 Å². The van der Waals surface area contributed by atoms with E-state index in [2.05, 4.69) is 15.0 Å². The van der Waals surface area contributed by atoms with Crippen molar-refractivity contribution in [1.82, 2.24) is 29.0 Å². The Morgan fingerprint density at radius 3 is 2.54 bits per heavy atom. The van der Waals surface area contributed by atoms with Crippen LogP contribution in [0.4, 0.5) is 13.2 Å². The van der Waals surface area contributed by atoms with Crippen LogP contribution in [0.15, 0.2) is 42.9 Å². The second-order valence-electron chi connectivity index (χ2n) is 6.75. The number of piperazine rings is 1. The number of pyridine rings is 1. The molecule has 28 heavy (non-hydrogen) atoms. The lowest BCUT2D eigenvalue weighted by Crippen LogP contribution is -2.49. The molecule has 0 spiro atoms. The first-order valence-electron chi connectivity index (χ1n) is 8.92. The lowest BCUT2D eigenvalue weighted by Gasteiger charge is -2.34. The first-order chi connectivity index (χ1) is 13.4. The topological polar surface area (TPSA) is 58.7 Å². The number of nitrogens with zero attached hydrogens (tertiary/aromatic N) is 6. The second kappa shape index (κ2) is 7.27. The highest BCUT2D eigenvalue weighted by atomic mass is 19.4. The summed E-state index contributed by atoms with van der Waals surface area (Å²) in [6.07, 6.45) is 0.614. The van der Waals surface area contributed by atoms with Crippen molar-refractivity contribution in [3.05, 3.63) is 54.2 Å². The fourth-order valence-corrected chi connectivity index (χ4v) is 3.29. The third kappa shape index (κ3) is 4.01. The molecule has 1 fully saturated rings. The first-order valence-corrected chi connectivity index (χ1v) is 8.92. The molecule has 0 aromatic carbocycles. The number of fused-ring (bicyclic) bond motifs is 1. The molecule has 3 aromatic heterocycles. The molecule has 1 aliphatic heterocycles. The largest absolute Gasteiger partial charge is 0.435 e. The van der Waals surface area contributed by atoms with Crippen molar-refractivity contribution in [3.63, 3.8) is 0 Å². The molecule has 3 aromatic rings. The summed E-state index contributed by atoms with van der Waals surface area (Å²) in [5, 5.41) is 3.43. The molecule has 0 radical (unpaired) electrons. The zero-order chi connectivity index (χ0) is 19.7. The van der Waals surface area contributed by atoms with E-state index in [4.69, 9.17) is 0 Å². The molecule has 4 rings (SSSR count). The number of carbonyl (C=O) groups is 1. The quantitative estimate of drug-likeness (QED) is 0.681. The van der Waals surface area contributed by atoms with Gasteiger partial charge >= 0.3 is 6.18 Å². The maximum atomic E-state index is 12.6. The number of aromatic nitrogens is 4. The maximum Gasteiger partial charge on any atom is 0.435 e. The van der Waals surface area contributed by atoms with Crippen LogP contribution in [0.5, 0.6) is 0 Å². The molecule has 10 heteroatoms. The highest BCUT2D eigenvalue weighted by molar-refractivity contribution is 5.76. The minimum absolute atomic E-state index is 0.192. The van der Waals surface area contributed by atoms with Crippen molar-refractivity contribution in [2.24, 2.45) is 0 Å². The molecule has 7 nitrogen and oxygen atoms in total. The monoisotopic (exact) mass is 392 g/mol. The van der Waals surface area contributed by atoms with E-state index in [9.17, 15) is 18.0 Å². The highest BCUT2D eigenvalue weighted by Crippen LogP contribution is 2.27. The van der Waals surface area contributed by atoms with Crippen LogP contribution in [-0.2, 0) is 24.1 Å². The molecule has 0 N–H and O–H groups in total. The van der Waals surface area contributed by atoms with Gasteiger partial charge in [0, 0.05) is 51.3 Å². The fourth-order valence-electron chi connectivity index (χ4n) is 3.29. The Bertz CT molecular complexity index is 938. The Morgan fingerprint density at radius 1 is 1.07 bits per heavy atom. The maximum absolute atomic E-state index is 12.6. The summed E-state index contributed by atoms with van der Waals surface area (Å²) < 4.78 is 40.8. The van der Waals surface area contributed by atoms with Gasteiger partial charge in [0.1, 0.15) is 12.2 Å². The average molecular weight is 392 g/mol. The van der Waals surface area contributed by atoms with Crippen LogP contribution in [-0.4, -0.2) is 61.1 Å². The summed E-state index contributed by atoms with van der Waals surface area (Å²) in [6, 6.07) is 6.70. The van der Waals surface area contributed by atoms with Gasteiger partial charge in [-0.1, -0.05) is 6.07 Å². The number of halogens is 3. The van der Waals surface area contributed by atoms with Crippen LogP contribution in [0, 0.1) is 0 Å². The van der Waals surface area contributed by atoms with Gasteiger partial charge in [-0.3, -0.25) is 14.4 Å². The SMILES string of the molecule is O=C(Cn1ccc(C(F)(F)F)n1)N1CCN(Cc2cn3ccccc3n2)CC1. The van der Waals surface area contributed by atoms with E-state index >= 15 is 0 Å². The third-order valence-electron chi connectivity index (χ3n) is 4.75. The Morgan fingerprint density at radius 2 is 1.86 bits per heavy atom. The van der Waals surface area contributed by atoms with Gasteiger partial charge < -0.3 is 9.30 Å². The normalized spacial score (nSPS) is 16.0. The molecule has 0 saturated carbocycles. The van der Waals surface area contributed by atoms with Crippen molar-refractivity contribution < 1.29 is 18.0 Å². The predicted molar refractivity (Wildman–Crippen MR) is 94.3 cm³/mol. The number of hydrogen-bond donors (Lipinski definition) is 0. The van der Waals surface area contributed by atoms with Gasteiger partial charge in [0.05, 0.1) is 5.69 Å². The molecule has 148 valence electrons. The van der Waals surface area contributed by atoms with Gasteiger partial charge in [-0.2, -0.15) is 18.3 Å². The molecular formula is C18H19F3N6O. The number of hydrogen-bond acceptors (Lipinski definition) is 4. The standard InChI is InChI=1S/C18H19F3N6O/c19-18(20,21)15-4-6-27(23-15)13-17(28)25-9-7-24(8-10-25)11-14-12-26-5-2-1-3-16(26)22-14/h1-6,12H,7-11,13H2. The van der Waals surface area contributed by atoms with Gasteiger partial charge in [0.2, 0.25) is 5.91 Å². The summed E-state index contributed by atoms with van der Waals surface area (Å²) in [7, 11) is 0. The molecule has 0 bridgehead atoms. The molecule has 1 amide bonds. The van der Waals surface area contributed by atoms with Crippen LogP contribution in [0.2, 0.25) is 0 Å². The van der Waals surface area contributed by atoms with E-state index in [0.29, 0.717) is 32.7 Å². The minimum Gasteiger partial charge on any atom is -0.339 e. The Labute approximate surface area is 159 Å². The zero-order valence-corrected chi connectivity index (χ0v) is 15.0. The summed E-state index contributed by atoms with van der Waals surface area (Å²) in [4.78, 5) is 20.8. The number of imidazole rings is 1. The van der Waals surface area contributed by atoms with Crippen molar-refractivity contribution in [3.8, 4) is 0 Å². The lowest BCUT2D eigenvalue weighted by molar-refractivity contribution is -0.142. The molecule has 0 aliphatic carbocycles. The van der Waals surface area contributed by atoms with Crippen LogP contribution in [0.3, 0.4) is 0 Å². The zero-order valence-electron chi connectivity index (χ0n) is 15.0. The van der Waals surface area contributed by atoms with Gasteiger partial charge in [0.15, 0.2) is 5.69 Å². The molecular weight excluding hydrogens is 373 g/mol. The van der Waals surface area contributed by atoms with Gasteiger partial charge in [-0.05, 0) is 18.2 Å². The molecule has 1 saturated heterocycles. The van der Waals surface area contributed by atoms with E-state index < -0.39 is 11.9 Å². The smallest absolute Gasteiger partial charge is 0.339 e. The minimum atomic E-state index is -4.50. The summed E-state index contributed by atoms with van der Waals surface area (Å²) >= 11 is 0. The van der Waals surface area contributed by atoms with E-state index in [1.807, 2.05) is 35.0 Å². The van der Waals surface area contributed by atoms with E-state index in [-0.39, 0.29) is 12.5 Å². The molecule has 1 aliphatic rings. The van der Waals surface area contributed by atoms with E-state index in [1.54, 1.807) is 4.90 Å². The predicted octanol–water partition coefficient (Wildman–Crippen LogP) is 1.89. The number of alkyl halides is 3. The number of amides is 1. The van der Waals surface area contributed by atoms with Crippen molar-refractivity contribution in [1.29, 1.82) is 0 Å². The fraction of sp³-hybridized carbons (Fsp3) is 0.389. The average Bonchev–Trinajstić information content (AvgIpc) is 3.28. The van der Waals surface area contributed by atoms with Crippen LogP contribution >= 0.6 is 0 Å².